The summed E-state index contributed by atoms with van der Waals surface area (Å²) in [5.74, 6) is 1.03. The van der Waals surface area contributed by atoms with Gasteiger partial charge in [-0.1, -0.05) is 45.0 Å². The predicted molar refractivity (Wildman–Crippen MR) is 151 cm³/mol. The fourth-order valence-corrected chi connectivity index (χ4v) is 5.09. The van der Waals surface area contributed by atoms with Gasteiger partial charge in [-0.05, 0) is 42.5 Å². The number of aromatic nitrogens is 3. The molecule has 2 aromatic heterocycles. The van der Waals surface area contributed by atoms with E-state index in [-0.39, 0.29) is 34.3 Å². The molecule has 1 unspecified atom stereocenters. The molecule has 5 rings (SSSR count). The number of para-hydroxylation sites is 1. The van der Waals surface area contributed by atoms with Crippen molar-refractivity contribution in [1.29, 1.82) is 5.26 Å². The Hall–Kier alpha value is -4.71. The largest absolute Gasteiger partial charge is 0.457 e. The summed E-state index contributed by atoms with van der Waals surface area (Å²) in [6.45, 7) is 6.42. The fraction of sp³-hybridized carbons (Fsp3) is 0.290. The van der Waals surface area contributed by atoms with Gasteiger partial charge >= 0.3 is 0 Å². The van der Waals surface area contributed by atoms with Gasteiger partial charge in [0.25, 0.3) is 5.91 Å². The summed E-state index contributed by atoms with van der Waals surface area (Å²) < 4.78 is 23.1. The number of halogens is 1. The molecule has 1 aliphatic heterocycles. The standard InChI is InChI=1S/C31H31FN6O2/c1-31(2,3)18-20(19-33)30(39)37-14-7-8-21(37)16-26-36-27(28-29(34)35-13-15-38(26)28)24-12-11-23(17-25(24)32)40-22-9-5-4-6-10-22/h4-6,9-13,15,17-18,21H,7-8,14,16H2,1-3H3,(H2,34,35). The zero-order valence-electron chi connectivity index (χ0n) is 22.8. The summed E-state index contributed by atoms with van der Waals surface area (Å²) in [7, 11) is 0. The Bertz CT molecular complexity index is 1630. The molecule has 1 aliphatic rings. The minimum absolute atomic E-state index is 0.140. The van der Waals surface area contributed by atoms with Crippen LogP contribution in [0.5, 0.6) is 11.5 Å². The number of carbonyl (C=O) groups is 1. The molecule has 1 atom stereocenters. The number of allylic oxidation sites excluding steroid dienone is 1. The van der Waals surface area contributed by atoms with Crippen LogP contribution in [0, 0.1) is 22.6 Å². The zero-order chi connectivity index (χ0) is 28.4. The predicted octanol–water partition coefficient (Wildman–Crippen LogP) is 5.94. The SMILES string of the molecule is CC(C)(C)C=C(C#N)C(=O)N1CCCC1Cc1nc(-c2ccc(Oc3ccccc3)cc2F)c2c(N)nccn12. The smallest absolute Gasteiger partial charge is 0.264 e. The van der Waals surface area contributed by atoms with Gasteiger partial charge < -0.3 is 15.4 Å². The summed E-state index contributed by atoms with van der Waals surface area (Å²) in [6.07, 6.45) is 7.04. The van der Waals surface area contributed by atoms with E-state index in [1.54, 1.807) is 47.6 Å². The highest BCUT2D eigenvalue weighted by molar-refractivity contribution is 5.97. The third-order valence-corrected chi connectivity index (χ3v) is 6.82. The molecule has 3 heterocycles. The van der Waals surface area contributed by atoms with Crippen molar-refractivity contribution >= 4 is 17.2 Å². The van der Waals surface area contributed by atoms with Crippen LogP contribution in [0.3, 0.4) is 0 Å². The van der Waals surface area contributed by atoms with Crippen molar-refractivity contribution in [1.82, 2.24) is 19.3 Å². The van der Waals surface area contributed by atoms with Crippen LogP contribution in [0.2, 0.25) is 0 Å². The molecule has 0 saturated carbocycles. The highest BCUT2D eigenvalue weighted by atomic mass is 19.1. The van der Waals surface area contributed by atoms with Crippen molar-refractivity contribution < 1.29 is 13.9 Å². The number of hydrogen-bond donors (Lipinski definition) is 1. The van der Waals surface area contributed by atoms with Crippen molar-refractivity contribution in [2.45, 2.75) is 46.1 Å². The number of carbonyl (C=O) groups excluding carboxylic acids is 1. The number of likely N-dealkylation sites (tertiary alicyclic amines) is 1. The van der Waals surface area contributed by atoms with Crippen molar-refractivity contribution in [3.05, 3.63) is 84.2 Å². The Morgan fingerprint density at radius 1 is 1.23 bits per heavy atom. The molecule has 1 saturated heterocycles. The van der Waals surface area contributed by atoms with Gasteiger partial charge in [-0.15, -0.1) is 0 Å². The van der Waals surface area contributed by atoms with Crippen LogP contribution in [0.25, 0.3) is 16.8 Å². The Kier molecular flexibility index (Phi) is 7.26. The van der Waals surface area contributed by atoms with Gasteiger partial charge in [-0.2, -0.15) is 5.26 Å². The first-order chi connectivity index (χ1) is 19.1. The number of anilines is 1. The lowest BCUT2D eigenvalue weighted by Crippen LogP contribution is -2.38. The molecule has 0 spiro atoms. The summed E-state index contributed by atoms with van der Waals surface area (Å²) in [5.41, 5.74) is 7.23. The average Bonchev–Trinajstić information content (AvgIpc) is 3.53. The van der Waals surface area contributed by atoms with Crippen LogP contribution in [0.4, 0.5) is 10.2 Å². The van der Waals surface area contributed by atoms with E-state index in [1.165, 1.54) is 6.07 Å². The Morgan fingerprint density at radius 3 is 2.70 bits per heavy atom. The van der Waals surface area contributed by atoms with Gasteiger partial charge in [0.05, 0.1) is 0 Å². The molecule has 4 aromatic rings. The normalized spacial score (nSPS) is 15.8. The van der Waals surface area contributed by atoms with Crippen molar-refractivity contribution in [2.75, 3.05) is 12.3 Å². The average molecular weight is 539 g/mol. The molecule has 0 bridgehead atoms. The molecule has 2 aromatic carbocycles. The van der Waals surface area contributed by atoms with E-state index in [0.29, 0.717) is 41.5 Å². The summed E-state index contributed by atoms with van der Waals surface area (Å²) in [5, 5.41) is 9.68. The molecule has 2 N–H and O–H groups in total. The molecule has 9 heteroatoms. The number of rotatable bonds is 6. The lowest BCUT2D eigenvalue weighted by Gasteiger charge is -2.25. The second-order valence-corrected chi connectivity index (χ2v) is 11.0. The van der Waals surface area contributed by atoms with E-state index in [4.69, 9.17) is 15.5 Å². The number of nitrogens with two attached hydrogens (primary N) is 1. The van der Waals surface area contributed by atoms with E-state index in [9.17, 15) is 10.1 Å². The fourth-order valence-electron chi connectivity index (χ4n) is 5.09. The molecular weight excluding hydrogens is 507 g/mol. The monoisotopic (exact) mass is 538 g/mol. The molecule has 1 fully saturated rings. The van der Waals surface area contributed by atoms with Crippen LogP contribution < -0.4 is 10.5 Å². The quantitative estimate of drug-likeness (QED) is 0.240. The first-order valence-electron chi connectivity index (χ1n) is 13.2. The number of fused-ring (bicyclic) bond motifs is 1. The van der Waals surface area contributed by atoms with E-state index in [2.05, 4.69) is 11.1 Å². The minimum atomic E-state index is -0.508. The zero-order valence-corrected chi connectivity index (χ0v) is 22.8. The van der Waals surface area contributed by atoms with E-state index >= 15 is 4.39 Å². The summed E-state index contributed by atoms with van der Waals surface area (Å²) >= 11 is 0. The molecule has 0 radical (unpaired) electrons. The van der Waals surface area contributed by atoms with Crippen molar-refractivity contribution in [2.24, 2.45) is 5.41 Å². The van der Waals surface area contributed by atoms with Crippen LogP contribution in [0.1, 0.15) is 39.4 Å². The van der Waals surface area contributed by atoms with E-state index in [1.807, 2.05) is 43.4 Å². The number of imidazole rings is 1. The molecule has 1 amide bonds. The second kappa shape index (κ2) is 10.8. The van der Waals surface area contributed by atoms with Gasteiger partial charge in [0.2, 0.25) is 0 Å². The van der Waals surface area contributed by atoms with Gasteiger partial charge in [0.15, 0.2) is 0 Å². The third-order valence-electron chi connectivity index (χ3n) is 6.82. The van der Waals surface area contributed by atoms with Gasteiger partial charge in [-0.25, -0.2) is 14.4 Å². The lowest BCUT2D eigenvalue weighted by atomic mass is 9.93. The van der Waals surface area contributed by atoms with Crippen LogP contribution in [-0.2, 0) is 11.2 Å². The summed E-state index contributed by atoms with van der Waals surface area (Å²) in [4.78, 5) is 24.1. The second-order valence-electron chi connectivity index (χ2n) is 11.0. The topological polar surface area (TPSA) is 110 Å². The number of amides is 1. The third kappa shape index (κ3) is 5.52. The summed E-state index contributed by atoms with van der Waals surface area (Å²) in [6, 6.07) is 15.7. The Labute approximate surface area is 232 Å². The van der Waals surface area contributed by atoms with Crippen LogP contribution >= 0.6 is 0 Å². The number of nitrogens with zero attached hydrogens (tertiary/aromatic N) is 5. The van der Waals surface area contributed by atoms with Gasteiger partial charge in [-0.3, -0.25) is 9.20 Å². The lowest BCUT2D eigenvalue weighted by molar-refractivity contribution is -0.127. The maximum absolute atomic E-state index is 15.5. The van der Waals surface area contributed by atoms with Gasteiger partial charge in [0, 0.05) is 43.0 Å². The molecule has 204 valence electrons. The first-order valence-corrected chi connectivity index (χ1v) is 13.2. The van der Waals surface area contributed by atoms with Crippen molar-refractivity contribution in [3.8, 4) is 28.8 Å². The maximum atomic E-state index is 15.5. The number of benzene rings is 2. The molecule has 40 heavy (non-hydrogen) atoms. The highest BCUT2D eigenvalue weighted by Gasteiger charge is 2.33. The Morgan fingerprint density at radius 2 is 2.00 bits per heavy atom. The maximum Gasteiger partial charge on any atom is 0.264 e. The van der Waals surface area contributed by atoms with E-state index < -0.39 is 5.82 Å². The molecule has 0 aliphatic carbocycles. The van der Waals surface area contributed by atoms with E-state index in [0.717, 1.165) is 12.8 Å². The van der Waals surface area contributed by atoms with Crippen LogP contribution in [-0.4, -0.2) is 37.8 Å². The first kappa shape index (κ1) is 26.9. The highest BCUT2D eigenvalue weighted by Crippen LogP contribution is 2.34. The van der Waals surface area contributed by atoms with Crippen LogP contribution in [0.15, 0.2) is 72.6 Å². The van der Waals surface area contributed by atoms with Crippen molar-refractivity contribution in [3.63, 3.8) is 0 Å². The Balaban J connectivity index is 1.48. The number of ether oxygens (including phenoxy) is 1. The minimum Gasteiger partial charge on any atom is -0.457 e. The molecular formula is C31H31FN6O2. The number of hydrogen-bond acceptors (Lipinski definition) is 6. The van der Waals surface area contributed by atoms with Gasteiger partial charge in [0.1, 0.15) is 51.8 Å². The number of nitriles is 1. The molecule has 8 nitrogen and oxygen atoms in total. The number of nitrogen functional groups attached to an aromatic ring is 1.